The van der Waals surface area contributed by atoms with Gasteiger partial charge in [-0.25, -0.2) is 0 Å². The molecule has 0 bridgehead atoms. The summed E-state index contributed by atoms with van der Waals surface area (Å²) in [6, 6.07) is 0.357. The van der Waals surface area contributed by atoms with Crippen LogP contribution in [0.15, 0.2) is 0 Å². The molecule has 4 nitrogen and oxygen atoms in total. The zero-order valence-corrected chi connectivity index (χ0v) is 13.1. The van der Waals surface area contributed by atoms with Gasteiger partial charge in [0.25, 0.3) is 0 Å². The van der Waals surface area contributed by atoms with Gasteiger partial charge in [-0.15, -0.1) is 0 Å². The molecule has 0 aromatic heterocycles. The summed E-state index contributed by atoms with van der Waals surface area (Å²) in [5.74, 6) is 0. The first-order chi connectivity index (χ1) is 8.51. The smallest absolute Gasteiger partial charge is 0.159 e. The standard InChI is InChI=1S/C11H23NO3.C3H8/c1-6-14-10-7-9(12(3)4)11(13-5)8(2)15-10;1-3-2/h8-11H,6-7H2,1-5H3;3H2,1-2H3. The minimum Gasteiger partial charge on any atom is -0.377 e. The fraction of sp³-hybridized carbons (Fsp3) is 1.00. The molecule has 4 atom stereocenters. The van der Waals surface area contributed by atoms with Crippen LogP contribution in [0.25, 0.3) is 0 Å². The third kappa shape index (κ3) is 5.65. The van der Waals surface area contributed by atoms with E-state index in [1.54, 1.807) is 7.11 Å². The van der Waals surface area contributed by atoms with Crippen molar-refractivity contribution in [2.75, 3.05) is 27.8 Å². The van der Waals surface area contributed by atoms with Crippen LogP contribution in [0.2, 0.25) is 0 Å². The first-order valence-corrected chi connectivity index (χ1v) is 6.97. The summed E-state index contributed by atoms with van der Waals surface area (Å²) in [7, 11) is 5.87. The van der Waals surface area contributed by atoms with Crippen molar-refractivity contribution in [2.24, 2.45) is 0 Å². The zero-order chi connectivity index (χ0) is 14.1. The van der Waals surface area contributed by atoms with Crippen LogP contribution in [0.1, 0.15) is 40.5 Å². The monoisotopic (exact) mass is 261 g/mol. The Balaban J connectivity index is 0.000000873. The van der Waals surface area contributed by atoms with E-state index in [2.05, 4.69) is 32.8 Å². The zero-order valence-electron chi connectivity index (χ0n) is 13.1. The average Bonchev–Trinajstić information content (AvgIpc) is 2.29. The Bertz CT molecular complexity index is 199. The summed E-state index contributed by atoms with van der Waals surface area (Å²) in [6.45, 7) is 8.96. The normalized spacial score (nSPS) is 32.0. The van der Waals surface area contributed by atoms with E-state index in [0.29, 0.717) is 12.6 Å². The van der Waals surface area contributed by atoms with Gasteiger partial charge in [0.15, 0.2) is 6.29 Å². The SMILES string of the molecule is CCC.CCOC1CC(N(C)C)C(OC)C(C)O1. The minimum atomic E-state index is -0.0937. The maximum absolute atomic E-state index is 5.74. The van der Waals surface area contributed by atoms with Gasteiger partial charge in [0, 0.05) is 26.2 Å². The predicted molar refractivity (Wildman–Crippen MR) is 74.8 cm³/mol. The number of ether oxygens (including phenoxy) is 3. The summed E-state index contributed by atoms with van der Waals surface area (Å²) >= 11 is 0. The topological polar surface area (TPSA) is 30.9 Å². The third-order valence-corrected chi connectivity index (χ3v) is 2.93. The molecule has 4 heteroatoms. The van der Waals surface area contributed by atoms with Crippen LogP contribution in [0.4, 0.5) is 0 Å². The van der Waals surface area contributed by atoms with E-state index in [1.807, 2.05) is 13.8 Å². The number of likely N-dealkylation sites (N-methyl/N-ethyl adjacent to an activating group) is 1. The van der Waals surface area contributed by atoms with E-state index in [4.69, 9.17) is 14.2 Å². The lowest BCUT2D eigenvalue weighted by atomic mass is 9.98. The highest BCUT2D eigenvalue weighted by Gasteiger charge is 2.37. The van der Waals surface area contributed by atoms with Crippen molar-refractivity contribution < 1.29 is 14.2 Å². The Hall–Kier alpha value is -0.160. The first kappa shape index (κ1) is 17.8. The second-order valence-electron chi connectivity index (χ2n) is 4.90. The first-order valence-electron chi connectivity index (χ1n) is 6.97. The molecule has 1 aliphatic rings. The van der Waals surface area contributed by atoms with E-state index >= 15 is 0 Å². The predicted octanol–water partition coefficient (Wildman–Crippen LogP) is 2.52. The molecule has 1 fully saturated rings. The van der Waals surface area contributed by atoms with Crippen LogP contribution in [0.3, 0.4) is 0 Å². The highest BCUT2D eigenvalue weighted by Crippen LogP contribution is 2.25. The van der Waals surface area contributed by atoms with E-state index < -0.39 is 0 Å². The molecule has 0 saturated carbocycles. The van der Waals surface area contributed by atoms with E-state index in [1.165, 1.54) is 6.42 Å². The average molecular weight is 261 g/mol. The van der Waals surface area contributed by atoms with Crippen molar-refractivity contribution in [3.05, 3.63) is 0 Å². The van der Waals surface area contributed by atoms with Crippen molar-refractivity contribution >= 4 is 0 Å². The van der Waals surface area contributed by atoms with Crippen LogP contribution in [0.5, 0.6) is 0 Å². The molecule has 0 aromatic rings. The number of hydrogen-bond acceptors (Lipinski definition) is 4. The van der Waals surface area contributed by atoms with Crippen molar-refractivity contribution in [1.82, 2.24) is 4.90 Å². The lowest BCUT2D eigenvalue weighted by Gasteiger charge is -2.42. The summed E-state index contributed by atoms with van der Waals surface area (Å²) in [5, 5.41) is 0. The van der Waals surface area contributed by atoms with Gasteiger partial charge in [-0.05, 0) is 27.9 Å². The van der Waals surface area contributed by atoms with Crippen LogP contribution in [-0.4, -0.2) is 57.3 Å². The van der Waals surface area contributed by atoms with E-state index in [0.717, 1.165) is 6.42 Å². The molecule has 0 N–H and O–H groups in total. The quantitative estimate of drug-likeness (QED) is 0.778. The fourth-order valence-corrected chi connectivity index (χ4v) is 2.16. The molecular formula is C14H31NO3. The Morgan fingerprint density at radius 1 is 1.22 bits per heavy atom. The molecule has 1 aliphatic heterocycles. The summed E-state index contributed by atoms with van der Waals surface area (Å²) in [4.78, 5) is 2.18. The number of hydrogen-bond donors (Lipinski definition) is 0. The van der Waals surface area contributed by atoms with Crippen molar-refractivity contribution in [3.8, 4) is 0 Å². The van der Waals surface area contributed by atoms with Crippen LogP contribution in [0, 0.1) is 0 Å². The van der Waals surface area contributed by atoms with E-state index in [9.17, 15) is 0 Å². The largest absolute Gasteiger partial charge is 0.377 e. The van der Waals surface area contributed by atoms with E-state index in [-0.39, 0.29) is 18.5 Å². The molecule has 4 unspecified atom stereocenters. The molecular weight excluding hydrogens is 230 g/mol. The number of rotatable bonds is 4. The maximum atomic E-state index is 5.74. The van der Waals surface area contributed by atoms with Crippen molar-refractivity contribution in [3.63, 3.8) is 0 Å². The summed E-state index contributed by atoms with van der Waals surface area (Å²) < 4.78 is 16.7. The van der Waals surface area contributed by atoms with Crippen LogP contribution in [-0.2, 0) is 14.2 Å². The lowest BCUT2D eigenvalue weighted by molar-refractivity contribution is -0.237. The molecule has 1 rings (SSSR count). The van der Waals surface area contributed by atoms with Crippen molar-refractivity contribution in [1.29, 1.82) is 0 Å². The van der Waals surface area contributed by atoms with Gasteiger partial charge in [-0.3, -0.25) is 0 Å². The maximum Gasteiger partial charge on any atom is 0.159 e. The molecule has 1 heterocycles. The molecule has 0 amide bonds. The molecule has 0 aromatic carbocycles. The van der Waals surface area contributed by atoms with Gasteiger partial charge >= 0.3 is 0 Å². The number of methoxy groups -OCH3 is 1. The molecule has 0 spiro atoms. The second-order valence-corrected chi connectivity index (χ2v) is 4.90. The fourth-order valence-electron chi connectivity index (χ4n) is 2.16. The Morgan fingerprint density at radius 3 is 2.17 bits per heavy atom. The van der Waals surface area contributed by atoms with Gasteiger partial charge in [-0.2, -0.15) is 0 Å². The minimum absolute atomic E-state index is 0.0766. The number of nitrogens with zero attached hydrogens (tertiary/aromatic N) is 1. The van der Waals surface area contributed by atoms with Gasteiger partial charge in [0.2, 0.25) is 0 Å². The summed E-state index contributed by atoms with van der Waals surface area (Å²) in [6.07, 6.45) is 2.22. The van der Waals surface area contributed by atoms with Gasteiger partial charge in [0.1, 0.15) is 0 Å². The van der Waals surface area contributed by atoms with Gasteiger partial charge in [-0.1, -0.05) is 20.3 Å². The third-order valence-electron chi connectivity index (χ3n) is 2.93. The molecule has 0 aliphatic carbocycles. The van der Waals surface area contributed by atoms with Crippen LogP contribution >= 0.6 is 0 Å². The summed E-state index contributed by atoms with van der Waals surface area (Å²) in [5.41, 5.74) is 0. The lowest BCUT2D eigenvalue weighted by Crippen LogP contribution is -2.54. The molecule has 1 saturated heterocycles. The molecule has 110 valence electrons. The Labute approximate surface area is 113 Å². The van der Waals surface area contributed by atoms with Gasteiger partial charge in [0.05, 0.1) is 12.2 Å². The Morgan fingerprint density at radius 2 is 1.78 bits per heavy atom. The highest BCUT2D eigenvalue weighted by atomic mass is 16.7. The van der Waals surface area contributed by atoms with Gasteiger partial charge < -0.3 is 19.1 Å². The Kier molecular flexibility index (Phi) is 9.64. The molecule has 0 radical (unpaired) electrons. The highest BCUT2D eigenvalue weighted by molar-refractivity contribution is 4.86. The second kappa shape index (κ2) is 9.73. The molecule has 18 heavy (non-hydrogen) atoms. The van der Waals surface area contributed by atoms with Crippen LogP contribution < -0.4 is 0 Å². The van der Waals surface area contributed by atoms with Crippen molar-refractivity contribution in [2.45, 2.75) is 65.1 Å².